The van der Waals surface area contributed by atoms with E-state index in [9.17, 15) is 9.90 Å². The number of nitrogens with one attached hydrogen (secondary N) is 1. The van der Waals surface area contributed by atoms with Crippen LogP contribution in [0.5, 0.6) is 11.5 Å². The van der Waals surface area contributed by atoms with Crippen molar-refractivity contribution in [3.05, 3.63) is 111 Å². The lowest BCUT2D eigenvalue weighted by Crippen LogP contribution is -2.40. The molecule has 202 valence electrons. The van der Waals surface area contributed by atoms with E-state index in [-0.39, 0.29) is 19.1 Å². The molecule has 1 heterocycles. The Balaban J connectivity index is 1.57. The van der Waals surface area contributed by atoms with E-state index in [1.165, 1.54) is 0 Å². The molecule has 6 nitrogen and oxygen atoms in total. The summed E-state index contributed by atoms with van der Waals surface area (Å²) in [6.45, 7) is 4.57. The lowest BCUT2D eigenvalue weighted by Gasteiger charge is -2.20. The highest BCUT2D eigenvalue weighted by molar-refractivity contribution is 9.10. The zero-order chi connectivity index (χ0) is 27.8. The normalized spacial score (nSPS) is 11.8. The number of carbonyl (C=O) groups is 1. The van der Waals surface area contributed by atoms with Crippen molar-refractivity contribution in [2.45, 2.75) is 39.6 Å². The molecule has 39 heavy (non-hydrogen) atoms. The van der Waals surface area contributed by atoms with Crippen molar-refractivity contribution in [1.82, 2.24) is 10.3 Å². The second kappa shape index (κ2) is 13.6. The van der Waals surface area contributed by atoms with Crippen molar-refractivity contribution in [2.24, 2.45) is 5.92 Å². The van der Waals surface area contributed by atoms with E-state index in [0.717, 1.165) is 32.3 Å². The first-order valence-corrected chi connectivity index (χ1v) is 13.8. The number of ether oxygens (including phenoxy) is 2. The first kappa shape index (κ1) is 28.6. The maximum absolute atomic E-state index is 11.7. The number of carboxylic acids is 1. The van der Waals surface area contributed by atoms with Crippen molar-refractivity contribution in [1.29, 1.82) is 0 Å². The smallest absolute Gasteiger partial charge is 0.320 e. The predicted molar refractivity (Wildman–Crippen MR) is 157 cm³/mol. The van der Waals surface area contributed by atoms with Crippen LogP contribution in [0.25, 0.3) is 11.1 Å². The number of benzene rings is 3. The molecule has 0 aliphatic rings. The molecular weight excluding hydrogens is 580 g/mol. The summed E-state index contributed by atoms with van der Waals surface area (Å²) in [6, 6.07) is 22.8. The molecule has 0 amide bonds. The van der Waals surface area contributed by atoms with Gasteiger partial charge in [0.05, 0.1) is 5.02 Å². The van der Waals surface area contributed by atoms with Crippen LogP contribution in [0.1, 0.15) is 30.5 Å². The number of carboxylic acid groups (broad SMARTS) is 1. The summed E-state index contributed by atoms with van der Waals surface area (Å²) < 4.78 is 13.3. The first-order valence-electron chi connectivity index (χ1n) is 12.6. The van der Waals surface area contributed by atoms with Crippen LogP contribution < -0.4 is 14.8 Å². The number of hydrogen-bond donors (Lipinski definition) is 2. The second-order valence-electron chi connectivity index (χ2n) is 9.41. The van der Waals surface area contributed by atoms with Crippen LogP contribution in [0, 0.1) is 5.92 Å². The molecular formula is C31H30BrClN2O4. The van der Waals surface area contributed by atoms with Gasteiger partial charge in [-0.15, -0.1) is 0 Å². The Morgan fingerprint density at radius 2 is 1.74 bits per heavy atom. The Kier molecular flexibility index (Phi) is 9.98. The van der Waals surface area contributed by atoms with E-state index in [4.69, 9.17) is 21.1 Å². The van der Waals surface area contributed by atoms with Crippen molar-refractivity contribution in [3.8, 4) is 22.6 Å². The van der Waals surface area contributed by atoms with Gasteiger partial charge in [0.1, 0.15) is 30.8 Å². The Hall–Kier alpha value is -3.39. The molecule has 3 aromatic carbocycles. The number of aromatic nitrogens is 1. The van der Waals surface area contributed by atoms with Gasteiger partial charge in [-0.25, -0.2) is 0 Å². The first-order chi connectivity index (χ1) is 18.8. The van der Waals surface area contributed by atoms with Gasteiger partial charge in [0.15, 0.2) is 0 Å². The quantitative estimate of drug-likeness (QED) is 0.173. The minimum Gasteiger partial charge on any atom is -0.488 e. The fraction of sp³-hybridized carbons (Fsp3) is 0.226. The SMILES string of the molecule is CC(C)C(NCc1cc(Cl)c(OCc2cccc(-c3ccccc3)c2Br)cc1OCc1cccnc1)C(=O)O. The van der Waals surface area contributed by atoms with Gasteiger partial charge in [0.25, 0.3) is 0 Å². The lowest BCUT2D eigenvalue weighted by molar-refractivity contribution is -0.140. The minimum atomic E-state index is -0.905. The van der Waals surface area contributed by atoms with Crippen LogP contribution >= 0.6 is 27.5 Å². The topological polar surface area (TPSA) is 80.7 Å². The maximum atomic E-state index is 11.7. The van der Waals surface area contributed by atoms with E-state index in [1.54, 1.807) is 24.5 Å². The Morgan fingerprint density at radius 1 is 0.974 bits per heavy atom. The molecule has 0 aliphatic carbocycles. The summed E-state index contributed by atoms with van der Waals surface area (Å²) in [5.41, 5.74) is 4.78. The molecule has 0 radical (unpaired) electrons. The monoisotopic (exact) mass is 608 g/mol. The van der Waals surface area contributed by atoms with E-state index >= 15 is 0 Å². The van der Waals surface area contributed by atoms with E-state index in [2.05, 4.69) is 44.4 Å². The molecule has 0 saturated heterocycles. The molecule has 0 fully saturated rings. The summed E-state index contributed by atoms with van der Waals surface area (Å²) in [6.07, 6.45) is 3.44. The Morgan fingerprint density at radius 3 is 2.44 bits per heavy atom. The third-order valence-corrected chi connectivity index (χ3v) is 7.46. The molecule has 4 rings (SSSR count). The Bertz CT molecular complexity index is 1400. The highest BCUT2D eigenvalue weighted by Gasteiger charge is 2.22. The number of hydrogen-bond acceptors (Lipinski definition) is 5. The third kappa shape index (κ3) is 7.60. The number of rotatable bonds is 12. The van der Waals surface area contributed by atoms with Crippen molar-refractivity contribution < 1.29 is 19.4 Å². The summed E-state index contributed by atoms with van der Waals surface area (Å²) in [5.74, 6) is 0.0237. The zero-order valence-electron chi connectivity index (χ0n) is 21.7. The van der Waals surface area contributed by atoms with Crippen molar-refractivity contribution >= 4 is 33.5 Å². The highest BCUT2D eigenvalue weighted by atomic mass is 79.9. The van der Waals surface area contributed by atoms with Crippen molar-refractivity contribution in [3.63, 3.8) is 0 Å². The molecule has 1 aromatic heterocycles. The number of halogens is 2. The van der Waals surface area contributed by atoms with E-state index in [1.807, 2.05) is 56.3 Å². The van der Waals surface area contributed by atoms with Crippen LogP contribution in [0.15, 0.2) is 89.7 Å². The highest BCUT2D eigenvalue weighted by Crippen LogP contribution is 2.36. The predicted octanol–water partition coefficient (Wildman–Crippen LogP) is 7.52. The zero-order valence-corrected chi connectivity index (χ0v) is 24.1. The fourth-order valence-electron chi connectivity index (χ4n) is 4.12. The molecule has 0 bridgehead atoms. The minimum absolute atomic E-state index is 0.0922. The largest absolute Gasteiger partial charge is 0.488 e. The van der Waals surface area contributed by atoms with Crippen molar-refractivity contribution in [2.75, 3.05) is 0 Å². The summed E-state index contributed by atoms with van der Waals surface area (Å²) in [4.78, 5) is 15.8. The average Bonchev–Trinajstić information content (AvgIpc) is 2.93. The number of nitrogens with zero attached hydrogens (tertiary/aromatic N) is 1. The molecule has 4 aromatic rings. The molecule has 0 saturated carbocycles. The average molecular weight is 610 g/mol. The van der Waals surface area contributed by atoms with Gasteiger partial charge < -0.3 is 14.6 Å². The van der Waals surface area contributed by atoms with Crippen LogP contribution in [0.2, 0.25) is 5.02 Å². The van der Waals surface area contributed by atoms with E-state index < -0.39 is 12.0 Å². The molecule has 0 aliphatic heterocycles. The second-order valence-corrected chi connectivity index (χ2v) is 10.6. The summed E-state index contributed by atoms with van der Waals surface area (Å²) >= 11 is 10.4. The standard InChI is InChI=1S/C31H30BrClN2O4/c1-20(2)30(31(36)37)35-17-24-14-26(33)28(15-27(24)38-18-21-8-7-13-34-16-21)39-19-23-11-6-12-25(29(23)32)22-9-4-3-5-10-22/h3-16,20,30,35H,17-19H2,1-2H3,(H,36,37). The van der Waals surface area contributed by atoms with E-state index in [0.29, 0.717) is 23.1 Å². The number of pyridine rings is 1. The van der Waals surface area contributed by atoms with Gasteiger partial charge in [-0.05, 0) is 45.1 Å². The van der Waals surface area contributed by atoms with Crippen LogP contribution in [-0.2, 0) is 24.6 Å². The van der Waals surface area contributed by atoms with Crippen LogP contribution in [-0.4, -0.2) is 22.1 Å². The van der Waals surface area contributed by atoms with Gasteiger partial charge in [0.2, 0.25) is 0 Å². The molecule has 8 heteroatoms. The van der Waals surface area contributed by atoms with Crippen LogP contribution in [0.3, 0.4) is 0 Å². The molecule has 2 N–H and O–H groups in total. The summed E-state index contributed by atoms with van der Waals surface area (Å²) in [5, 5.41) is 13.1. The Labute approximate surface area is 242 Å². The maximum Gasteiger partial charge on any atom is 0.320 e. The summed E-state index contributed by atoms with van der Waals surface area (Å²) in [7, 11) is 0. The number of aliphatic carboxylic acids is 1. The van der Waals surface area contributed by atoms with Gasteiger partial charge in [0, 0.05) is 46.2 Å². The van der Waals surface area contributed by atoms with Gasteiger partial charge in [-0.1, -0.05) is 80.0 Å². The lowest BCUT2D eigenvalue weighted by atomic mass is 10.0. The van der Waals surface area contributed by atoms with Gasteiger partial charge in [-0.2, -0.15) is 0 Å². The molecule has 0 spiro atoms. The third-order valence-electron chi connectivity index (χ3n) is 6.22. The van der Waals surface area contributed by atoms with Gasteiger partial charge in [-0.3, -0.25) is 15.1 Å². The van der Waals surface area contributed by atoms with Crippen LogP contribution in [0.4, 0.5) is 0 Å². The molecule has 1 unspecified atom stereocenters. The van der Waals surface area contributed by atoms with Gasteiger partial charge >= 0.3 is 5.97 Å². The molecule has 1 atom stereocenters. The fourth-order valence-corrected chi connectivity index (χ4v) is 4.97.